The molecule has 3 aromatic rings. The third kappa shape index (κ3) is 2.49. The van der Waals surface area contributed by atoms with Crippen LogP contribution in [0.4, 0.5) is 0 Å². The highest BCUT2D eigenvalue weighted by molar-refractivity contribution is 9.10. The molecule has 0 bridgehead atoms. The fourth-order valence-corrected chi connectivity index (χ4v) is 3.95. The third-order valence-electron chi connectivity index (χ3n) is 2.49. The lowest BCUT2D eigenvalue weighted by molar-refractivity contribution is 0.0691. The van der Waals surface area contributed by atoms with Gasteiger partial charge in [-0.1, -0.05) is 0 Å². The summed E-state index contributed by atoms with van der Waals surface area (Å²) in [6.07, 6.45) is 1.66. The lowest BCUT2D eigenvalue weighted by atomic mass is 10.2. The minimum atomic E-state index is -0.969. The molecular formula is C12H7BrN2O2S2. The third-order valence-corrected chi connectivity index (χ3v) is 5.19. The molecule has 0 aliphatic rings. The van der Waals surface area contributed by atoms with E-state index >= 15 is 0 Å². The maximum Gasteiger partial charge on any atom is 0.352 e. The smallest absolute Gasteiger partial charge is 0.352 e. The van der Waals surface area contributed by atoms with E-state index in [0.29, 0.717) is 0 Å². The lowest BCUT2D eigenvalue weighted by Crippen LogP contribution is -1.94. The van der Waals surface area contributed by atoms with Crippen molar-refractivity contribution in [3.63, 3.8) is 0 Å². The number of nitrogens with zero attached hydrogens (tertiary/aromatic N) is 1. The Morgan fingerprint density at radius 2 is 2.16 bits per heavy atom. The Morgan fingerprint density at radius 3 is 2.79 bits per heavy atom. The summed E-state index contributed by atoms with van der Waals surface area (Å²) in [6, 6.07) is 3.61. The zero-order valence-corrected chi connectivity index (χ0v) is 12.6. The van der Waals surface area contributed by atoms with Gasteiger partial charge in [0.1, 0.15) is 10.7 Å². The summed E-state index contributed by atoms with van der Waals surface area (Å²) >= 11 is 6.58. The van der Waals surface area contributed by atoms with E-state index in [4.69, 9.17) is 5.11 Å². The van der Waals surface area contributed by atoms with Gasteiger partial charge in [-0.2, -0.15) is 0 Å². The number of carboxylic acid groups (broad SMARTS) is 1. The molecule has 0 unspecified atom stereocenters. The van der Waals surface area contributed by atoms with Crippen LogP contribution in [0, 0.1) is 0 Å². The Labute approximate surface area is 124 Å². The van der Waals surface area contributed by atoms with Crippen LogP contribution in [-0.4, -0.2) is 21.0 Å². The highest BCUT2D eigenvalue weighted by Crippen LogP contribution is 2.34. The maximum absolute atomic E-state index is 10.8. The largest absolute Gasteiger partial charge is 0.477 e. The van der Waals surface area contributed by atoms with E-state index in [1.165, 1.54) is 0 Å². The van der Waals surface area contributed by atoms with Crippen molar-refractivity contribution in [2.45, 2.75) is 0 Å². The van der Waals surface area contributed by atoms with Crippen molar-refractivity contribution in [3.05, 3.63) is 39.3 Å². The van der Waals surface area contributed by atoms with Crippen molar-refractivity contribution in [3.8, 4) is 21.1 Å². The second-order valence-corrected chi connectivity index (χ2v) is 6.46. The molecule has 2 N–H and O–H groups in total. The standard InChI is InChI=1S/C12H7BrN2O2S2/c13-7-2-10(18-4-7)11-15-9(5-19-11)6-1-8(12(16)17)14-3-6/h1-5,14H,(H,16,17). The molecule has 0 radical (unpaired) electrons. The number of halogens is 1. The number of carboxylic acids is 1. The van der Waals surface area contributed by atoms with Gasteiger partial charge < -0.3 is 10.1 Å². The van der Waals surface area contributed by atoms with E-state index < -0.39 is 5.97 Å². The maximum atomic E-state index is 10.8. The first-order valence-corrected chi connectivity index (χ1v) is 7.81. The van der Waals surface area contributed by atoms with Crippen molar-refractivity contribution in [1.82, 2.24) is 9.97 Å². The minimum Gasteiger partial charge on any atom is -0.477 e. The van der Waals surface area contributed by atoms with Gasteiger partial charge in [-0.25, -0.2) is 9.78 Å². The number of aromatic carboxylic acids is 1. The van der Waals surface area contributed by atoms with E-state index in [2.05, 4.69) is 25.9 Å². The van der Waals surface area contributed by atoms with Crippen molar-refractivity contribution < 1.29 is 9.90 Å². The molecule has 0 aliphatic heterocycles. The molecule has 0 saturated heterocycles. The van der Waals surface area contributed by atoms with Gasteiger partial charge in [0.25, 0.3) is 0 Å². The number of thiophene rings is 1. The topological polar surface area (TPSA) is 66.0 Å². The van der Waals surface area contributed by atoms with Crippen molar-refractivity contribution >= 4 is 44.6 Å². The number of H-pyrrole nitrogens is 1. The summed E-state index contributed by atoms with van der Waals surface area (Å²) in [6.45, 7) is 0. The Hall–Kier alpha value is -1.44. The SMILES string of the molecule is O=C(O)c1cc(-c2csc(-c3cc(Br)cs3)n2)c[nH]1. The van der Waals surface area contributed by atoms with Gasteiger partial charge in [0, 0.05) is 27.0 Å². The van der Waals surface area contributed by atoms with E-state index in [-0.39, 0.29) is 5.69 Å². The Morgan fingerprint density at radius 1 is 1.32 bits per heavy atom. The van der Waals surface area contributed by atoms with Gasteiger partial charge >= 0.3 is 5.97 Å². The molecule has 96 valence electrons. The second-order valence-electron chi connectivity index (χ2n) is 3.77. The summed E-state index contributed by atoms with van der Waals surface area (Å²) < 4.78 is 1.04. The van der Waals surface area contributed by atoms with Crippen LogP contribution >= 0.6 is 38.6 Å². The predicted octanol–water partition coefficient (Wildman–Crippen LogP) is 4.33. The van der Waals surface area contributed by atoms with Gasteiger partial charge in [0.05, 0.1) is 10.6 Å². The highest BCUT2D eigenvalue weighted by atomic mass is 79.9. The van der Waals surface area contributed by atoms with Crippen LogP contribution < -0.4 is 0 Å². The van der Waals surface area contributed by atoms with Crippen molar-refractivity contribution in [1.29, 1.82) is 0 Å². The molecular weight excluding hydrogens is 348 g/mol. The van der Waals surface area contributed by atoms with E-state index in [1.54, 1.807) is 34.9 Å². The molecule has 0 atom stereocenters. The molecule has 3 rings (SSSR count). The summed E-state index contributed by atoms with van der Waals surface area (Å²) in [5, 5.41) is 13.7. The summed E-state index contributed by atoms with van der Waals surface area (Å²) in [5.41, 5.74) is 1.74. The van der Waals surface area contributed by atoms with Gasteiger partial charge in [-0.05, 0) is 28.1 Å². The van der Waals surface area contributed by atoms with Crippen molar-refractivity contribution in [2.75, 3.05) is 0 Å². The molecule has 7 heteroatoms. The van der Waals surface area contributed by atoms with Gasteiger partial charge in [-0.15, -0.1) is 22.7 Å². The molecule has 4 nitrogen and oxygen atoms in total. The lowest BCUT2D eigenvalue weighted by Gasteiger charge is -1.89. The van der Waals surface area contributed by atoms with Crippen LogP contribution in [0.2, 0.25) is 0 Å². The summed E-state index contributed by atoms with van der Waals surface area (Å²) in [4.78, 5) is 19.2. The van der Waals surface area contributed by atoms with Crippen LogP contribution in [0.25, 0.3) is 21.1 Å². The monoisotopic (exact) mass is 354 g/mol. The molecule has 0 amide bonds. The first kappa shape index (κ1) is 12.6. The number of aromatic nitrogens is 2. The number of thiazole rings is 1. The van der Waals surface area contributed by atoms with Gasteiger partial charge in [0.15, 0.2) is 0 Å². The van der Waals surface area contributed by atoms with Crippen molar-refractivity contribution in [2.24, 2.45) is 0 Å². The molecule has 0 aliphatic carbocycles. The number of nitrogens with one attached hydrogen (secondary N) is 1. The van der Waals surface area contributed by atoms with E-state index in [9.17, 15) is 4.79 Å². The normalized spacial score (nSPS) is 10.8. The molecule has 19 heavy (non-hydrogen) atoms. The van der Waals surface area contributed by atoms with Crippen LogP contribution in [0.15, 0.2) is 33.6 Å². The Bertz CT molecular complexity index is 744. The molecule has 0 spiro atoms. The minimum absolute atomic E-state index is 0.170. The second kappa shape index (κ2) is 4.92. The Balaban J connectivity index is 1.94. The van der Waals surface area contributed by atoms with E-state index in [0.717, 1.165) is 25.6 Å². The van der Waals surface area contributed by atoms with Crippen LogP contribution in [-0.2, 0) is 0 Å². The zero-order valence-electron chi connectivity index (χ0n) is 9.38. The van der Waals surface area contributed by atoms with E-state index in [1.807, 2.05) is 16.8 Å². The van der Waals surface area contributed by atoms with Crippen LogP contribution in [0.3, 0.4) is 0 Å². The van der Waals surface area contributed by atoms with Gasteiger partial charge in [-0.3, -0.25) is 0 Å². The summed E-state index contributed by atoms with van der Waals surface area (Å²) in [7, 11) is 0. The number of hydrogen-bond donors (Lipinski definition) is 2. The van der Waals surface area contributed by atoms with Crippen LogP contribution in [0.5, 0.6) is 0 Å². The van der Waals surface area contributed by atoms with Crippen LogP contribution in [0.1, 0.15) is 10.5 Å². The number of hydrogen-bond acceptors (Lipinski definition) is 4. The number of aromatic amines is 1. The van der Waals surface area contributed by atoms with Gasteiger partial charge in [0.2, 0.25) is 0 Å². The Kier molecular flexibility index (Phi) is 3.26. The molecule has 3 aromatic heterocycles. The average molecular weight is 355 g/mol. The fraction of sp³-hybridized carbons (Fsp3) is 0. The molecule has 0 aromatic carbocycles. The molecule has 0 saturated carbocycles. The molecule has 0 fully saturated rings. The first-order valence-electron chi connectivity index (χ1n) is 5.25. The average Bonchev–Trinajstić information content (AvgIpc) is 3.07. The predicted molar refractivity (Wildman–Crippen MR) is 79.9 cm³/mol. The first-order chi connectivity index (χ1) is 9.13. The number of carbonyl (C=O) groups is 1. The molecule has 3 heterocycles. The fourth-order valence-electron chi connectivity index (χ4n) is 1.61. The zero-order chi connectivity index (χ0) is 13.4. The quantitative estimate of drug-likeness (QED) is 0.735. The summed E-state index contributed by atoms with van der Waals surface area (Å²) in [5.74, 6) is -0.969. The highest BCUT2D eigenvalue weighted by Gasteiger charge is 2.12. The number of rotatable bonds is 3.